The summed E-state index contributed by atoms with van der Waals surface area (Å²) in [5, 5.41) is 1.46. The molecule has 2 N–H and O–H groups in total. The summed E-state index contributed by atoms with van der Waals surface area (Å²) < 4.78 is 5.89. The average Bonchev–Trinajstić information content (AvgIpc) is 2.74. The lowest BCUT2D eigenvalue weighted by molar-refractivity contribution is -0.163. The standard InChI is InChI=1S/C15H28N2OS/c1-10-7-17(8-11(2)19-10)9-15(16)12-5-6-18-13(12)14(15,3)4/h10-13H,5-9,16H2,1-4H3. The average molecular weight is 284 g/mol. The third-order valence-corrected chi connectivity index (χ3v) is 6.87. The first-order valence-electron chi connectivity index (χ1n) is 7.63. The molecule has 0 aromatic rings. The van der Waals surface area contributed by atoms with Gasteiger partial charge in [0.25, 0.3) is 0 Å². The normalized spacial score (nSPS) is 49.7. The van der Waals surface area contributed by atoms with Crippen LogP contribution in [0.15, 0.2) is 0 Å². The van der Waals surface area contributed by atoms with E-state index in [-0.39, 0.29) is 11.0 Å². The third-order valence-electron chi connectivity index (χ3n) is 5.64. The molecule has 4 heteroatoms. The van der Waals surface area contributed by atoms with Crippen LogP contribution in [0.5, 0.6) is 0 Å². The third kappa shape index (κ3) is 2.06. The van der Waals surface area contributed by atoms with Crippen molar-refractivity contribution < 1.29 is 4.74 Å². The number of hydrogen-bond acceptors (Lipinski definition) is 4. The lowest BCUT2D eigenvalue weighted by atomic mass is 9.48. The van der Waals surface area contributed by atoms with Gasteiger partial charge < -0.3 is 10.5 Å². The van der Waals surface area contributed by atoms with E-state index in [0.717, 1.165) is 30.1 Å². The second kappa shape index (κ2) is 4.62. The molecule has 19 heavy (non-hydrogen) atoms. The molecule has 5 unspecified atom stereocenters. The summed E-state index contributed by atoms with van der Waals surface area (Å²) in [6.07, 6.45) is 1.55. The second-order valence-electron chi connectivity index (χ2n) is 7.40. The van der Waals surface area contributed by atoms with Crippen LogP contribution in [0.2, 0.25) is 0 Å². The van der Waals surface area contributed by atoms with E-state index >= 15 is 0 Å². The van der Waals surface area contributed by atoms with Crippen LogP contribution in [0.3, 0.4) is 0 Å². The summed E-state index contributed by atoms with van der Waals surface area (Å²) in [6, 6.07) is 0. The molecule has 2 heterocycles. The summed E-state index contributed by atoms with van der Waals surface area (Å²) in [7, 11) is 0. The summed E-state index contributed by atoms with van der Waals surface area (Å²) in [6.45, 7) is 13.6. The Labute approximate surface area is 121 Å². The Kier molecular flexibility index (Phi) is 3.45. The maximum absolute atomic E-state index is 6.86. The number of nitrogens with zero attached hydrogens (tertiary/aromatic N) is 1. The minimum Gasteiger partial charge on any atom is -0.377 e. The first-order chi connectivity index (χ1) is 8.84. The molecule has 0 radical (unpaired) electrons. The van der Waals surface area contributed by atoms with Crippen LogP contribution >= 0.6 is 11.8 Å². The van der Waals surface area contributed by atoms with Crippen LogP contribution in [0, 0.1) is 11.3 Å². The fourth-order valence-corrected chi connectivity index (χ4v) is 5.97. The minimum absolute atomic E-state index is 0.0599. The molecule has 5 atom stereocenters. The topological polar surface area (TPSA) is 38.5 Å². The highest BCUT2D eigenvalue weighted by atomic mass is 32.2. The number of fused-ring (bicyclic) bond motifs is 1. The van der Waals surface area contributed by atoms with Gasteiger partial charge in [0.05, 0.1) is 6.10 Å². The van der Waals surface area contributed by atoms with E-state index < -0.39 is 0 Å². The van der Waals surface area contributed by atoms with Gasteiger partial charge in [-0.2, -0.15) is 11.8 Å². The van der Waals surface area contributed by atoms with Crippen LogP contribution in [-0.2, 0) is 4.74 Å². The van der Waals surface area contributed by atoms with Crippen LogP contribution in [-0.4, -0.2) is 53.3 Å². The quantitative estimate of drug-likeness (QED) is 0.841. The Morgan fingerprint density at radius 3 is 2.53 bits per heavy atom. The van der Waals surface area contributed by atoms with Gasteiger partial charge in [-0.25, -0.2) is 0 Å². The molecule has 0 amide bonds. The molecule has 3 nitrogen and oxygen atoms in total. The molecule has 3 fully saturated rings. The minimum atomic E-state index is -0.0599. The van der Waals surface area contributed by atoms with Gasteiger partial charge >= 0.3 is 0 Å². The zero-order valence-electron chi connectivity index (χ0n) is 12.7. The molecule has 2 aliphatic heterocycles. The molecular formula is C15H28N2OS. The van der Waals surface area contributed by atoms with Crippen molar-refractivity contribution >= 4 is 11.8 Å². The molecule has 3 rings (SSSR count). The Hall–Kier alpha value is 0.230. The van der Waals surface area contributed by atoms with Crippen molar-refractivity contribution in [2.24, 2.45) is 17.1 Å². The Morgan fingerprint density at radius 2 is 1.89 bits per heavy atom. The van der Waals surface area contributed by atoms with E-state index in [2.05, 4.69) is 44.4 Å². The molecule has 110 valence electrons. The number of nitrogens with two attached hydrogens (primary N) is 1. The van der Waals surface area contributed by atoms with E-state index in [1.54, 1.807) is 0 Å². The first-order valence-corrected chi connectivity index (χ1v) is 8.57. The molecule has 0 spiro atoms. The van der Waals surface area contributed by atoms with E-state index in [1.807, 2.05) is 0 Å². The predicted molar refractivity (Wildman–Crippen MR) is 81.5 cm³/mol. The monoisotopic (exact) mass is 284 g/mol. The van der Waals surface area contributed by atoms with Gasteiger partial charge in [-0.05, 0) is 6.42 Å². The van der Waals surface area contributed by atoms with Crippen molar-refractivity contribution in [2.75, 3.05) is 26.2 Å². The molecule has 1 saturated carbocycles. The Balaban J connectivity index is 1.71. The summed E-state index contributed by atoms with van der Waals surface area (Å²) >= 11 is 2.11. The number of thioether (sulfide) groups is 1. The first kappa shape index (κ1) is 14.2. The lowest BCUT2D eigenvalue weighted by Crippen LogP contribution is -2.78. The smallest absolute Gasteiger partial charge is 0.0691 e. The zero-order valence-corrected chi connectivity index (χ0v) is 13.5. The maximum atomic E-state index is 6.86. The lowest BCUT2D eigenvalue weighted by Gasteiger charge is -2.63. The molecule has 1 aliphatic carbocycles. The number of ether oxygens (including phenoxy) is 1. The summed E-state index contributed by atoms with van der Waals surface area (Å²) in [4.78, 5) is 2.60. The highest BCUT2D eigenvalue weighted by Crippen LogP contribution is 2.58. The predicted octanol–water partition coefficient (Wildman–Crippen LogP) is 1.95. The molecule has 0 aromatic heterocycles. The second-order valence-corrected chi connectivity index (χ2v) is 9.28. The molecule has 0 bridgehead atoms. The van der Waals surface area contributed by atoms with E-state index in [1.165, 1.54) is 13.1 Å². The molecule has 0 aromatic carbocycles. The van der Waals surface area contributed by atoms with Crippen molar-refractivity contribution in [2.45, 2.75) is 56.3 Å². The highest BCUT2D eigenvalue weighted by molar-refractivity contribution is 8.00. The SMILES string of the molecule is CC1CN(CC2(N)C3CCOC3C2(C)C)CC(C)S1. The van der Waals surface area contributed by atoms with Gasteiger partial charge in [0, 0.05) is 53.6 Å². The van der Waals surface area contributed by atoms with Crippen LogP contribution in [0.4, 0.5) is 0 Å². The van der Waals surface area contributed by atoms with Gasteiger partial charge in [-0.15, -0.1) is 0 Å². The fraction of sp³-hybridized carbons (Fsp3) is 1.00. The number of rotatable bonds is 2. The Bertz CT molecular complexity index is 352. The van der Waals surface area contributed by atoms with Gasteiger partial charge in [0.15, 0.2) is 0 Å². The van der Waals surface area contributed by atoms with E-state index in [4.69, 9.17) is 10.5 Å². The van der Waals surface area contributed by atoms with Gasteiger partial charge in [-0.3, -0.25) is 4.90 Å². The van der Waals surface area contributed by atoms with Crippen molar-refractivity contribution in [3.8, 4) is 0 Å². The van der Waals surface area contributed by atoms with Crippen LogP contribution in [0.1, 0.15) is 34.1 Å². The summed E-state index contributed by atoms with van der Waals surface area (Å²) in [5.74, 6) is 0.572. The van der Waals surface area contributed by atoms with Gasteiger partial charge in [0.2, 0.25) is 0 Å². The Morgan fingerprint density at radius 1 is 1.26 bits per heavy atom. The van der Waals surface area contributed by atoms with Crippen LogP contribution in [0.25, 0.3) is 0 Å². The van der Waals surface area contributed by atoms with Crippen LogP contribution < -0.4 is 5.73 Å². The van der Waals surface area contributed by atoms with E-state index in [9.17, 15) is 0 Å². The van der Waals surface area contributed by atoms with Gasteiger partial charge in [-0.1, -0.05) is 27.7 Å². The molecular weight excluding hydrogens is 256 g/mol. The fourth-order valence-electron chi connectivity index (χ4n) is 4.58. The van der Waals surface area contributed by atoms with Crippen molar-refractivity contribution in [1.82, 2.24) is 4.90 Å². The number of hydrogen-bond donors (Lipinski definition) is 1. The maximum Gasteiger partial charge on any atom is 0.0691 e. The van der Waals surface area contributed by atoms with E-state index in [0.29, 0.717) is 12.0 Å². The van der Waals surface area contributed by atoms with Crippen molar-refractivity contribution in [3.63, 3.8) is 0 Å². The molecule has 2 saturated heterocycles. The van der Waals surface area contributed by atoms with Crippen molar-refractivity contribution in [3.05, 3.63) is 0 Å². The zero-order chi connectivity index (χ0) is 13.8. The molecule has 3 aliphatic rings. The van der Waals surface area contributed by atoms with Crippen molar-refractivity contribution in [1.29, 1.82) is 0 Å². The largest absolute Gasteiger partial charge is 0.377 e. The highest BCUT2D eigenvalue weighted by Gasteiger charge is 2.67. The van der Waals surface area contributed by atoms with Gasteiger partial charge in [0.1, 0.15) is 0 Å². The summed E-state index contributed by atoms with van der Waals surface area (Å²) in [5.41, 5.74) is 6.92.